The summed E-state index contributed by atoms with van der Waals surface area (Å²) in [6.45, 7) is 4.15. The van der Waals surface area contributed by atoms with Crippen LogP contribution in [0.25, 0.3) is 0 Å². The van der Waals surface area contributed by atoms with Gasteiger partial charge in [-0.2, -0.15) is 0 Å². The molecule has 0 spiro atoms. The van der Waals surface area contributed by atoms with Gasteiger partial charge in [-0.15, -0.1) is 0 Å². The van der Waals surface area contributed by atoms with Gasteiger partial charge in [0.25, 0.3) is 0 Å². The first-order valence-corrected chi connectivity index (χ1v) is 7.40. The van der Waals surface area contributed by atoms with Crippen LogP contribution in [0.1, 0.15) is 30.9 Å². The van der Waals surface area contributed by atoms with Crippen LogP contribution < -0.4 is 5.73 Å². The molecule has 0 saturated carbocycles. The van der Waals surface area contributed by atoms with Gasteiger partial charge in [0, 0.05) is 12.5 Å². The van der Waals surface area contributed by atoms with Gasteiger partial charge in [-0.05, 0) is 46.0 Å². The normalized spacial score (nSPS) is 11.1. The Labute approximate surface area is 130 Å². The SMILES string of the molecule is CC(C)Cc1nc(Cc2cc(F)cc(F)c2)nc(N)c1Br. The summed E-state index contributed by atoms with van der Waals surface area (Å²) in [4.78, 5) is 8.62. The molecule has 6 heteroatoms. The summed E-state index contributed by atoms with van der Waals surface area (Å²) in [6.07, 6.45) is 0.981. The molecule has 0 amide bonds. The van der Waals surface area contributed by atoms with Crippen LogP contribution in [0.2, 0.25) is 0 Å². The summed E-state index contributed by atoms with van der Waals surface area (Å²) in [5, 5.41) is 0. The maximum Gasteiger partial charge on any atom is 0.141 e. The van der Waals surface area contributed by atoms with E-state index < -0.39 is 11.6 Å². The van der Waals surface area contributed by atoms with Gasteiger partial charge in [0.15, 0.2) is 0 Å². The molecule has 0 unspecified atom stereocenters. The number of nitrogens with zero attached hydrogens (tertiary/aromatic N) is 2. The summed E-state index contributed by atoms with van der Waals surface area (Å²) in [6, 6.07) is 3.38. The standard InChI is InChI=1S/C15H16BrF2N3/c1-8(2)3-12-14(16)15(19)21-13(20-12)6-9-4-10(17)7-11(18)5-9/h4-5,7-8H,3,6H2,1-2H3,(H2,19,20,21). The van der Waals surface area contributed by atoms with Crippen LogP contribution in [0, 0.1) is 17.6 Å². The van der Waals surface area contributed by atoms with Crippen molar-refractivity contribution in [2.24, 2.45) is 5.92 Å². The molecule has 2 rings (SSSR count). The molecule has 0 radical (unpaired) electrons. The first-order valence-electron chi connectivity index (χ1n) is 6.61. The minimum absolute atomic E-state index is 0.233. The quantitative estimate of drug-likeness (QED) is 0.904. The fourth-order valence-corrected chi connectivity index (χ4v) is 2.40. The lowest BCUT2D eigenvalue weighted by Gasteiger charge is -2.11. The van der Waals surface area contributed by atoms with Crippen LogP contribution in [0.3, 0.4) is 0 Å². The molecule has 0 fully saturated rings. The van der Waals surface area contributed by atoms with Crippen LogP contribution in [0.15, 0.2) is 22.7 Å². The van der Waals surface area contributed by atoms with Crippen molar-refractivity contribution in [3.63, 3.8) is 0 Å². The molecule has 1 heterocycles. The predicted octanol–water partition coefficient (Wildman–Crippen LogP) is 3.89. The van der Waals surface area contributed by atoms with Crippen molar-refractivity contribution < 1.29 is 8.78 Å². The molecule has 0 atom stereocenters. The molecule has 3 nitrogen and oxygen atoms in total. The van der Waals surface area contributed by atoms with Crippen LogP contribution >= 0.6 is 15.9 Å². The Hall–Kier alpha value is -1.56. The number of benzene rings is 1. The van der Waals surface area contributed by atoms with Crippen LogP contribution in [0.5, 0.6) is 0 Å². The molecule has 2 aromatic rings. The van der Waals surface area contributed by atoms with Gasteiger partial charge in [-0.25, -0.2) is 18.7 Å². The highest BCUT2D eigenvalue weighted by atomic mass is 79.9. The van der Waals surface area contributed by atoms with Gasteiger partial charge in [-0.1, -0.05) is 13.8 Å². The molecule has 2 N–H and O–H groups in total. The molecule has 0 aliphatic heterocycles. The number of anilines is 1. The highest BCUT2D eigenvalue weighted by Gasteiger charge is 2.12. The fourth-order valence-electron chi connectivity index (χ4n) is 2.06. The van der Waals surface area contributed by atoms with Crippen molar-refractivity contribution in [1.29, 1.82) is 0 Å². The molecular weight excluding hydrogens is 340 g/mol. The Morgan fingerprint density at radius 3 is 2.33 bits per heavy atom. The predicted molar refractivity (Wildman–Crippen MR) is 81.9 cm³/mol. The van der Waals surface area contributed by atoms with E-state index in [-0.39, 0.29) is 6.42 Å². The maximum absolute atomic E-state index is 13.2. The molecule has 0 aliphatic rings. The fraction of sp³-hybridized carbons (Fsp3) is 0.333. The minimum Gasteiger partial charge on any atom is -0.383 e. The van der Waals surface area contributed by atoms with E-state index in [1.807, 2.05) is 0 Å². The lowest BCUT2D eigenvalue weighted by atomic mass is 10.1. The average Bonchev–Trinajstić information content (AvgIpc) is 2.33. The second-order valence-electron chi connectivity index (χ2n) is 5.34. The third kappa shape index (κ3) is 4.20. The highest BCUT2D eigenvalue weighted by Crippen LogP contribution is 2.24. The second kappa shape index (κ2) is 6.47. The van der Waals surface area contributed by atoms with Crippen molar-refractivity contribution in [2.75, 3.05) is 5.73 Å². The summed E-state index contributed by atoms with van der Waals surface area (Å²) < 4.78 is 27.1. The molecule has 21 heavy (non-hydrogen) atoms. The zero-order valence-electron chi connectivity index (χ0n) is 11.8. The van der Waals surface area contributed by atoms with E-state index in [0.717, 1.165) is 18.2 Å². The van der Waals surface area contributed by atoms with Crippen molar-refractivity contribution >= 4 is 21.7 Å². The average molecular weight is 356 g/mol. The summed E-state index contributed by atoms with van der Waals surface area (Å²) >= 11 is 3.38. The molecule has 1 aromatic heterocycles. The Bertz CT molecular complexity index is 639. The van der Waals surface area contributed by atoms with Gasteiger partial charge >= 0.3 is 0 Å². The zero-order chi connectivity index (χ0) is 15.6. The third-order valence-electron chi connectivity index (χ3n) is 2.88. The number of hydrogen-bond donors (Lipinski definition) is 1. The zero-order valence-corrected chi connectivity index (χ0v) is 13.4. The summed E-state index contributed by atoms with van der Waals surface area (Å²) in [5.74, 6) is -0.0195. The molecule has 0 saturated heterocycles. The first-order chi connectivity index (χ1) is 9.85. The van der Waals surface area contributed by atoms with Gasteiger partial charge in [0.05, 0.1) is 10.2 Å². The van der Waals surface area contributed by atoms with Crippen LogP contribution in [-0.2, 0) is 12.8 Å². The van der Waals surface area contributed by atoms with Gasteiger partial charge in [-0.3, -0.25) is 0 Å². The van der Waals surface area contributed by atoms with E-state index in [4.69, 9.17) is 5.73 Å². The summed E-state index contributed by atoms with van der Waals surface area (Å²) in [7, 11) is 0. The molecule has 112 valence electrons. The Morgan fingerprint density at radius 1 is 1.14 bits per heavy atom. The van der Waals surface area contributed by atoms with Gasteiger partial charge in [0.1, 0.15) is 23.3 Å². The minimum atomic E-state index is -0.613. The van der Waals surface area contributed by atoms with Crippen molar-refractivity contribution in [2.45, 2.75) is 26.7 Å². The van der Waals surface area contributed by atoms with Crippen molar-refractivity contribution in [3.8, 4) is 0 Å². The van der Waals surface area contributed by atoms with Gasteiger partial charge in [0.2, 0.25) is 0 Å². The van der Waals surface area contributed by atoms with E-state index in [9.17, 15) is 8.78 Å². The topological polar surface area (TPSA) is 51.8 Å². The van der Waals surface area contributed by atoms with E-state index in [1.165, 1.54) is 12.1 Å². The first kappa shape index (κ1) is 15.8. The lowest BCUT2D eigenvalue weighted by molar-refractivity contribution is 0.580. The van der Waals surface area contributed by atoms with E-state index in [0.29, 0.717) is 27.6 Å². The van der Waals surface area contributed by atoms with E-state index in [2.05, 4.69) is 39.7 Å². The van der Waals surface area contributed by atoms with Crippen molar-refractivity contribution in [3.05, 3.63) is 51.4 Å². The number of rotatable bonds is 4. The number of nitrogen functional groups attached to an aromatic ring is 1. The highest BCUT2D eigenvalue weighted by molar-refractivity contribution is 9.10. The maximum atomic E-state index is 13.2. The number of aromatic nitrogens is 2. The molecule has 0 aliphatic carbocycles. The Balaban J connectivity index is 2.33. The second-order valence-corrected chi connectivity index (χ2v) is 6.13. The third-order valence-corrected chi connectivity index (χ3v) is 3.74. The molecule has 0 bridgehead atoms. The number of hydrogen-bond acceptors (Lipinski definition) is 3. The largest absolute Gasteiger partial charge is 0.383 e. The Morgan fingerprint density at radius 2 is 1.76 bits per heavy atom. The smallest absolute Gasteiger partial charge is 0.141 e. The monoisotopic (exact) mass is 355 g/mol. The summed E-state index contributed by atoms with van der Waals surface area (Å²) in [5.41, 5.74) is 7.15. The number of nitrogens with two attached hydrogens (primary N) is 1. The molecule has 1 aromatic carbocycles. The van der Waals surface area contributed by atoms with Crippen molar-refractivity contribution in [1.82, 2.24) is 9.97 Å². The van der Waals surface area contributed by atoms with E-state index in [1.54, 1.807) is 0 Å². The van der Waals surface area contributed by atoms with Gasteiger partial charge < -0.3 is 5.73 Å². The van der Waals surface area contributed by atoms with Crippen LogP contribution in [0.4, 0.5) is 14.6 Å². The van der Waals surface area contributed by atoms with E-state index >= 15 is 0 Å². The Kier molecular flexibility index (Phi) is 4.88. The molecular formula is C15H16BrF2N3. The lowest BCUT2D eigenvalue weighted by Crippen LogP contribution is -2.08. The van der Waals surface area contributed by atoms with Crippen LogP contribution in [-0.4, -0.2) is 9.97 Å². The number of halogens is 3.